The molecular weight excluding hydrogens is 288 g/mol. The highest BCUT2D eigenvalue weighted by molar-refractivity contribution is 5.83. The Labute approximate surface area is 136 Å². The normalized spacial score (nSPS) is 24.5. The molecule has 1 saturated carbocycles. The molecule has 3 N–H and O–H groups in total. The van der Waals surface area contributed by atoms with Gasteiger partial charge in [0.2, 0.25) is 0 Å². The number of pyridine rings is 1. The first kappa shape index (κ1) is 15.9. The van der Waals surface area contributed by atoms with E-state index >= 15 is 0 Å². The molecule has 3 rings (SSSR count). The van der Waals surface area contributed by atoms with E-state index in [1.165, 1.54) is 0 Å². The molecule has 0 aliphatic heterocycles. The molecular formula is C18H24N4O. The topological polar surface area (TPSA) is 85.6 Å². The molecule has 0 aromatic carbocycles. The first-order chi connectivity index (χ1) is 11.1. The number of hydrogen-bond donors (Lipinski definition) is 3. The van der Waals surface area contributed by atoms with Gasteiger partial charge in [0.05, 0.1) is 11.9 Å². The number of nitrogens with zero attached hydrogens (tertiary/aromatic N) is 2. The molecule has 0 saturated heterocycles. The lowest BCUT2D eigenvalue weighted by Gasteiger charge is -2.36. The Kier molecular flexibility index (Phi) is 4.57. The first-order valence-corrected chi connectivity index (χ1v) is 8.38. The van der Waals surface area contributed by atoms with Crippen LogP contribution in [-0.4, -0.2) is 26.0 Å². The Morgan fingerprint density at radius 1 is 1.30 bits per heavy atom. The zero-order valence-corrected chi connectivity index (χ0v) is 13.5. The van der Waals surface area contributed by atoms with Gasteiger partial charge in [-0.3, -0.25) is 10.1 Å². The van der Waals surface area contributed by atoms with Crippen LogP contribution in [0.5, 0.6) is 0 Å². The number of rotatable bonds is 5. The molecule has 1 aliphatic carbocycles. The van der Waals surface area contributed by atoms with Crippen LogP contribution in [0.2, 0.25) is 0 Å². The SMILES string of the molecule is CCCC(=N)C1CCC(O)(c2ccc(-c3cn[nH]c3)cn2)CC1. The van der Waals surface area contributed by atoms with E-state index < -0.39 is 5.60 Å². The highest BCUT2D eigenvalue weighted by atomic mass is 16.3. The number of H-pyrrole nitrogens is 1. The quantitative estimate of drug-likeness (QED) is 0.736. The fourth-order valence-electron chi connectivity index (χ4n) is 3.42. The average molecular weight is 312 g/mol. The van der Waals surface area contributed by atoms with Crippen LogP contribution in [0, 0.1) is 11.3 Å². The summed E-state index contributed by atoms with van der Waals surface area (Å²) in [6.45, 7) is 2.11. The van der Waals surface area contributed by atoms with Crippen molar-refractivity contribution in [1.29, 1.82) is 5.41 Å². The van der Waals surface area contributed by atoms with Crippen LogP contribution in [0.4, 0.5) is 0 Å². The Morgan fingerprint density at radius 2 is 2.09 bits per heavy atom. The van der Waals surface area contributed by atoms with E-state index in [0.29, 0.717) is 18.8 Å². The van der Waals surface area contributed by atoms with Gasteiger partial charge in [0, 0.05) is 29.2 Å². The van der Waals surface area contributed by atoms with E-state index in [-0.39, 0.29) is 0 Å². The van der Waals surface area contributed by atoms with Crippen LogP contribution < -0.4 is 0 Å². The second-order valence-corrected chi connectivity index (χ2v) is 6.50. The molecule has 0 bridgehead atoms. The maximum absolute atomic E-state index is 10.9. The molecule has 2 aromatic rings. The average Bonchev–Trinajstić information content (AvgIpc) is 3.10. The van der Waals surface area contributed by atoms with Gasteiger partial charge in [-0.1, -0.05) is 19.4 Å². The molecule has 1 aliphatic rings. The van der Waals surface area contributed by atoms with Gasteiger partial charge < -0.3 is 10.5 Å². The molecule has 23 heavy (non-hydrogen) atoms. The van der Waals surface area contributed by atoms with Crippen LogP contribution in [-0.2, 0) is 5.60 Å². The number of aromatic amines is 1. The maximum Gasteiger partial charge on any atom is 0.107 e. The summed E-state index contributed by atoms with van der Waals surface area (Å²) < 4.78 is 0. The van der Waals surface area contributed by atoms with Crippen molar-refractivity contribution in [3.63, 3.8) is 0 Å². The third-order valence-corrected chi connectivity index (χ3v) is 4.90. The number of aromatic nitrogens is 3. The molecule has 122 valence electrons. The lowest BCUT2D eigenvalue weighted by molar-refractivity contribution is -0.0110. The summed E-state index contributed by atoms with van der Waals surface area (Å²) >= 11 is 0. The van der Waals surface area contributed by atoms with Crippen LogP contribution in [0.25, 0.3) is 11.1 Å². The predicted octanol–water partition coefficient (Wildman–Crippen LogP) is 3.67. The third kappa shape index (κ3) is 3.34. The van der Waals surface area contributed by atoms with Gasteiger partial charge in [0.15, 0.2) is 0 Å². The lowest BCUT2D eigenvalue weighted by atomic mass is 9.74. The number of hydrogen-bond acceptors (Lipinski definition) is 4. The summed E-state index contributed by atoms with van der Waals surface area (Å²) in [6.07, 6.45) is 10.4. The Morgan fingerprint density at radius 3 is 2.65 bits per heavy atom. The van der Waals surface area contributed by atoms with Crippen LogP contribution in [0.1, 0.15) is 51.1 Å². The summed E-state index contributed by atoms with van der Waals surface area (Å²) in [6, 6.07) is 3.90. The minimum Gasteiger partial charge on any atom is -0.384 e. The van der Waals surface area contributed by atoms with E-state index in [0.717, 1.165) is 48.2 Å². The van der Waals surface area contributed by atoms with Crippen molar-refractivity contribution in [1.82, 2.24) is 15.2 Å². The van der Waals surface area contributed by atoms with Crippen molar-refractivity contribution >= 4 is 5.71 Å². The molecule has 2 heterocycles. The van der Waals surface area contributed by atoms with Gasteiger partial charge >= 0.3 is 0 Å². The first-order valence-electron chi connectivity index (χ1n) is 8.38. The van der Waals surface area contributed by atoms with Crippen molar-refractivity contribution in [2.75, 3.05) is 0 Å². The molecule has 0 unspecified atom stereocenters. The second-order valence-electron chi connectivity index (χ2n) is 6.50. The van der Waals surface area contributed by atoms with Gasteiger partial charge in [-0.15, -0.1) is 0 Å². The van der Waals surface area contributed by atoms with Crippen molar-refractivity contribution in [3.8, 4) is 11.1 Å². The summed E-state index contributed by atoms with van der Waals surface area (Å²) in [4.78, 5) is 4.49. The minimum atomic E-state index is -0.849. The highest BCUT2D eigenvalue weighted by Gasteiger charge is 2.36. The standard InChI is InChI=1S/C18H24N4O/c1-2-3-16(19)13-6-8-18(23,9-7-13)17-5-4-14(10-20-17)15-11-21-22-12-15/h4-5,10-13,19,23H,2-3,6-9H2,1H3,(H,21,22). The minimum absolute atomic E-state index is 0.334. The van der Waals surface area contributed by atoms with Crippen LogP contribution in [0.3, 0.4) is 0 Å². The monoisotopic (exact) mass is 312 g/mol. The van der Waals surface area contributed by atoms with E-state index in [9.17, 15) is 5.11 Å². The van der Waals surface area contributed by atoms with Gasteiger partial charge in [0.1, 0.15) is 5.60 Å². The fourth-order valence-corrected chi connectivity index (χ4v) is 3.42. The zero-order valence-electron chi connectivity index (χ0n) is 13.5. The van der Waals surface area contributed by atoms with Crippen LogP contribution >= 0.6 is 0 Å². The Hall–Kier alpha value is -2.01. The van der Waals surface area contributed by atoms with Crippen LogP contribution in [0.15, 0.2) is 30.7 Å². The number of nitrogens with one attached hydrogen (secondary N) is 2. The van der Waals surface area contributed by atoms with E-state index in [1.807, 2.05) is 18.3 Å². The Bertz CT molecular complexity index is 640. The van der Waals surface area contributed by atoms with Crippen molar-refractivity contribution in [3.05, 3.63) is 36.4 Å². The fraction of sp³-hybridized carbons (Fsp3) is 0.500. The molecule has 2 aromatic heterocycles. The predicted molar refractivity (Wildman–Crippen MR) is 90.3 cm³/mol. The van der Waals surface area contributed by atoms with E-state index in [2.05, 4.69) is 22.1 Å². The van der Waals surface area contributed by atoms with Crippen molar-refractivity contribution in [2.24, 2.45) is 5.92 Å². The van der Waals surface area contributed by atoms with Crippen molar-refractivity contribution in [2.45, 2.75) is 51.0 Å². The summed E-state index contributed by atoms with van der Waals surface area (Å²) in [5.74, 6) is 0.334. The zero-order chi connectivity index (χ0) is 16.3. The van der Waals surface area contributed by atoms with Crippen molar-refractivity contribution < 1.29 is 5.11 Å². The summed E-state index contributed by atoms with van der Waals surface area (Å²) in [7, 11) is 0. The lowest BCUT2D eigenvalue weighted by Crippen LogP contribution is -2.34. The molecule has 0 atom stereocenters. The Balaban J connectivity index is 1.68. The summed E-state index contributed by atoms with van der Waals surface area (Å²) in [5.41, 5.74) is 2.72. The highest BCUT2D eigenvalue weighted by Crippen LogP contribution is 2.39. The number of aliphatic hydroxyl groups is 1. The molecule has 0 spiro atoms. The van der Waals surface area contributed by atoms with E-state index in [1.54, 1.807) is 12.4 Å². The molecule has 5 heteroatoms. The maximum atomic E-state index is 10.9. The second kappa shape index (κ2) is 6.62. The molecule has 1 fully saturated rings. The summed E-state index contributed by atoms with van der Waals surface area (Å²) in [5, 5.41) is 25.8. The third-order valence-electron chi connectivity index (χ3n) is 4.90. The smallest absolute Gasteiger partial charge is 0.107 e. The molecule has 0 amide bonds. The largest absolute Gasteiger partial charge is 0.384 e. The van der Waals surface area contributed by atoms with Gasteiger partial charge in [-0.05, 0) is 44.1 Å². The van der Waals surface area contributed by atoms with Gasteiger partial charge in [-0.2, -0.15) is 5.10 Å². The molecule has 5 nitrogen and oxygen atoms in total. The van der Waals surface area contributed by atoms with Gasteiger partial charge in [0.25, 0.3) is 0 Å². The van der Waals surface area contributed by atoms with Gasteiger partial charge in [-0.25, -0.2) is 0 Å². The van der Waals surface area contributed by atoms with E-state index in [4.69, 9.17) is 5.41 Å². The molecule has 0 radical (unpaired) electrons.